The van der Waals surface area contributed by atoms with E-state index in [9.17, 15) is 4.39 Å². The maximum Gasteiger partial charge on any atom is 0.125 e. The Hall–Kier alpha value is -1.85. The van der Waals surface area contributed by atoms with Crippen molar-refractivity contribution in [2.75, 3.05) is 37.7 Å². The first kappa shape index (κ1) is 16.6. The summed E-state index contributed by atoms with van der Waals surface area (Å²) >= 11 is 0. The van der Waals surface area contributed by atoms with Gasteiger partial charge in [-0.05, 0) is 50.1 Å². The van der Waals surface area contributed by atoms with Gasteiger partial charge < -0.3 is 14.1 Å². The van der Waals surface area contributed by atoms with Crippen molar-refractivity contribution in [3.8, 4) is 0 Å². The minimum absolute atomic E-state index is 0.176. The lowest BCUT2D eigenvalue weighted by atomic mass is 9.90. The van der Waals surface area contributed by atoms with Crippen LogP contribution in [-0.4, -0.2) is 43.3 Å². The van der Waals surface area contributed by atoms with Crippen molar-refractivity contribution < 1.29 is 13.5 Å². The molecule has 4 rings (SSSR count). The number of furan rings is 1. The smallest absolute Gasteiger partial charge is 0.125 e. The van der Waals surface area contributed by atoms with E-state index in [1.54, 1.807) is 12.1 Å². The van der Waals surface area contributed by atoms with Crippen LogP contribution in [0.25, 0.3) is 0 Å². The van der Waals surface area contributed by atoms with E-state index in [0.29, 0.717) is 0 Å². The molecule has 0 bridgehead atoms. The Labute approximate surface area is 148 Å². The fourth-order valence-corrected chi connectivity index (χ4v) is 4.09. The molecule has 2 fully saturated rings. The molecule has 0 N–H and O–H groups in total. The molecule has 25 heavy (non-hydrogen) atoms. The van der Waals surface area contributed by atoms with Crippen molar-refractivity contribution >= 4 is 5.69 Å². The Morgan fingerprint density at radius 1 is 1.16 bits per heavy atom. The fraction of sp³-hybridized carbons (Fsp3) is 0.500. The third-order valence-corrected chi connectivity index (χ3v) is 5.22. The van der Waals surface area contributed by atoms with Crippen LogP contribution in [0.1, 0.15) is 24.4 Å². The Balaban J connectivity index is 1.46. The summed E-state index contributed by atoms with van der Waals surface area (Å²) in [5, 5.41) is 0. The lowest BCUT2D eigenvalue weighted by Crippen LogP contribution is -2.59. The predicted molar refractivity (Wildman–Crippen MR) is 95.3 cm³/mol. The summed E-state index contributed by atoms with van der Waals surface area (Å²) < 4.78 is 25.6. The lowest BCUT2D eigenvalue weighted by molar-refractivity contribution is -0.117. The molecule has 2 aliphatic heterocycles. The van der Waals surface area contributed by atoms with Gasteiger partial charge in [0.2, 0.25) is 0 Å². The second-order valence-electron chi connectivity index (χ2n) is 7.26. The van der Waals surface area contributed by atoms with Gasteiger partial charge in [-0.1, -0.05) is 6.07 Å². The summed E-state index contributed by atoms with van der Waals surface area (Å²) in [7, 11) is 0. The SMILES string of the molecule is Cc1ccc(CN2CCO[C@]3(CCCN(c4cccc(F)c4)C3)C2)o1. The average molecular weight is 344 g/mol. The van der Waals surface area contributed by atoms with Crippen molar-refractivity contribution in [3.63, 3.8) is 0 Å². The van der Waals surface area contributed by atoms with Gasteiger partial charge in [-0.2, -0.15) is 0 Å². The molecule has 0 amide bonds. The second kappa shape index (κ2) is 6.81. The number of rotatable bonds is 3. The first-order valence-corrected chi connectivity index (χ1v) is 9.04. The van der Waals surface area contributed by atoms with Crippen LogP contribution in [0.2, 0.25) is 0 Å². The number of nitrogens with zero attached hydrogens (tertiary/aromatic N) is 2. The van der Waals surface area contributed by atoms with Gasteiger partial charge in [0.15, 0.2) is 0 Å². The Morgan fingerprint density at radius 3 is 2.88 bits per heavy atom. The predicted octanol–water partition coefficient (Wildman–Crippen LogP) is 3.60. The normalized spacial score (nSPS) is 24.8. The van der Waals surface area contributed by atoms with Crippen LogP contribution in [0.15, 0.2) is 40.8 Å². The molecule has 0 radical (unpaired) electrons. The molecule has 0 aliphatic carbocycles. The van der Waals surface area contributed by atoms with E-state index in [-0.39, 0.29) is 11.4 Å². The maximum atomic E-state index is 13.6. The Morgan fingerprint density at radius 2 is 2.08 bits per heavy atom. The van der Waals surface area contributed by atoms with Gasteiger partial charge >= 0.3 is 0 Å². The molecule has 5 heteroatoms. The Kier molecular flexibility index (Phi) is 4.52. The highest BCUT2D eigenvalue weighted by molar-refractivity contribution is 5.47. The van der Waals surface area contributed by atoms with E-state index < -0.39 is 0 Å². The molecule has 2 saturated heterocycles. The van der Waals surface area contributed by atoms with Gasteiger partial charge in [-0.25, -0.2) is 4.39 Å². The summed E-state index contributed by atoms with van der Waals surface area (Å²) in [6.07, 6.45) is 2.11. The molecule has 0 saturated carbocycles. The van der Waals surface area contributed by atoms with Crippen molar-refractivity contribution in [1.82, 2.24) is 4.90 Å². The minimum Gasteiger partial charge on any atom is -0.465 e. The average Bonchev–Trinajstić information content (AvgIpc) is 3.00. The maximum absolute atomic E-state index is 13.6. The Bertz CT molecular complexity index is 728. The standard InChI is InChI=1S/C20H25FN2O2/c1-16-6-7-19(25-16)13-22-10-11-24-20(14-22)8-3-9-23(15-20)18-5-2-4-17(21)12-18/h2,4-7,12H,3,8-11,13-15H2,1H3/t20-/m1/s1. The third-order valence-electron chi connectivity index (χ3n) is 5.22. The van der Waals surface area contributed by atoms with E-state index >= 15 is 0 Å². The highest BCUT2D eigenvalue weighted by atomic mass is 19.1. The van der Waals surface area contributed by atoms with Gasteiger partial charge in [0.05, 0.1) is 18.8 Å². The minimum atomic E-state index is -0.184. The van der Waals surface area contributed by atoms with Crippen LogP contribution < -0.4 is 4.90 Å². The molecular weight excluding hydrogens is 319 g/mol. The monoisotopic (exact) mass is 344 g/mol. The number of morpholine rings is 1. The number of halogens is 1. The summed E-state index contributed by atoms with van der Waals surface area (Å²) in [5.74, 6) is 1.77. The van der Waals surface area contributed by atoms with Gasteiger partial charge in [-0.3, -0.25) is 4.90 Å². The molecule has 4 nitrogen and oxygen atoms in total. The van der Waals surface area contributed by atoms with Crippen molar-refractivity contribution in [3.05, 3.63) is 53.7 Å². The molecule has 1 spiro atoms. The van der Waals surface area contributed by atoms with Gasteiger partial charge in [-0.15, -0.1) is 0 Å². The zero-order valence-corrected chi connectivity index (χ0v) is 14.7. The zero-order valence-electron chi connectivity index (χ0n) is 14.7. The van der Waals surface area contributed by atoms with Crippen molar-refractivity contribution in [2.24, 2.45) is 0 Å². The molecule has 1 aromatic carbocycles. The van der Waals surface area contributed by atoms with Crippen LogP contribution >= 0.6 is 0 Å². The quantitative estimate of drug-likeness (QED) is 0.851. The van der Waals surface area contributed by atoms with Crippen LogP contribution in [0.5, 0.6) is 0 Å². The summed E-state index contributed by atoms with van der Waals surface area (Å²) in [5.41, 5.74) is 0.770. The van der Waals surface area contributed by atoms with Gasteiger partial charge in [0, 0.05) is 31.9 Å². The summed E-state index contributed by atoms with van der Waals surface area (Å²) in [6, 6.07) is 10.9. The molecule has 0 unspecified atom stereocenters. The van der Waals surface area contributed by atoms with Crippen LogP contribution in [0.3, 0.4) is 0 Å². The molecule has 2 aromatic rings. The van der Waals surface area contributed by atoms with Crippen LogP contribution in [0, 0.1) is 12.7 Å². The van der Waals surface area contributed by atoms with Crippen LogP contribution in [-0.2, 0) is 11.3 Å². The largest absolute Gasteiger partial charge is 0.465 e. The van der Waals surface area contributed by atoms with E-state index in [0.717, 1.165) is 69.4 Å². The molecule has 3 heterocycles. The highest BCUT2D eigenvalue weighted by Gasteiger charge is 2.40. The van der Waals surface area contributed by atoms with E-state index in [2.05, 4.69) is 15.9 Å². The van der Waals surface area contributed by atoms with Crippen molar-refractivity contribution in [2.45, 2.75) is 31.9 Å². The molecule has 1 aromatic heterocycles. The van der Waals surface area contributed by atoms with E-state index in [4.69, 9.17) is 9.15 Å². The van der Waals surface area contributed by atoms with E-state index in [1.807, 2.05) is 19.1 Å². The molecule has 1 atom stereocenters. The molecule has 2 aliphatic rings. The van der Waals surface area contributed by atoms with Gasteiger partial charge in [0.25, 0.3) is 0 Å². The number of piperidine rings is 1. The molecule has 134 valence electrons. The zero-order chi connectivity index (χ0) is 17.3. The van der Waals surface area contributed by atoms with E-state index in [1.165, 1.54) is 6.07 Å². The number of hydrogen-bond donors (Lipinski definition) is 0. The van der Waals surface area contributed by atoms with Gasteiger partial charge in [0.1, 0.15) is 17.3 Å². The number of ether oxygens (including phenoxy) is 1. The second-order valence-corrected chi connectivity index (χ2v) is 7.26. The number of hydrogen-bond acceptors (Lipinski definition) is 4. The summed E-state index contributed by atoms with van der Waals surface area (Å²) in [6.45, 7) is 7.09. The summed E-state index contributed by atoms with van der Waals surface area (Å²) in [4.78, 5) is 4.67. The third kappa shape index (κ3) is 3.72. The molecular formula is C20H25FN2O2. The number of benzene rings is 1. The fourth-order valence-electron chi connectivity index (χ4n) is 4.09. The van der Waals surface area contributed by atoms with Crippen molar-refractivity contribution in [1.29, 1.82) is 0 Å². The number of anilines is 1. The topological polar surface area (TPSA) is 28.9 Å². The first-order chi connectivity index (χ1) is 12.1. The van der Waals surface area contributed by atoms with Crippen LogP contribution in [0.4, 0.5) is 10.1 Å². The first-order valence-electron chi connectivity index (χ1n) is 9.04. The lowest BCUT2D eigenvalue weighted by Gasteiger charge is -2.48. The highest BCUT2D eigenvalue weighted by Crippen LogP contribution is 2.32. The number of aryl methyl sites for hydroxylation is 1.